The topological polar surface area (TPSA) is 77.2 Å². The van der Waals surface area contributed by atoms with E-state index in [1.54, 1.807) is 39.2 Å². The lowest BCUT2D eigenvalue weighted by atomic mass is 10.2. The molecule has 0 fully saturated rings. The molecule has 0 aliphatic carbocycles. The van der Waals surface area contributed by atoms with Crippen LogP contribution in [0.5, 0.6) is 0 Å². The van der Waals surface area contributed by atoms with E-state index in [2.05, 4.69) is 10.3 Å². The fourth-order valence-corrected chi connectivity index (χ4v) is 1.09. The molecule has 1 heterocycles. The van der Waals surface area contributed by atoms with E-state index in [1.807, 2.05) is 0 Å². The third-order valence-corrected chi connectivity index (χ3v) is 1.68. The number of carbonyl (C=O) groups is 1. The molecule has 1 aromatic rings. The Bertz CT molecular complexity index is 377. The summed E-state index contributed by atoms with van der Waals surface area (Å²) in [6, 6.07) is 1.76. The number of pyridine rings is 1. The number of nitrogens with two attached hydrogens (primary N) is 1. The van der Waals surface area contributed by atoms with Crippen LogP contribution in [0.2, 0.25) is 0 Å². The monoisotopic (exact) mass is 259 g/mol. The Labute approximate surface area is 107 Å². The molecule has 96 valence electrons. The van der Waals surface area contributed by atoms with Gasteiger partial charge in [0.2, 0.25) is 0 Å². The van der Waals surface area contributed by atoms with Crippen LogP contribution in [0.3, 0.4) is 0 Å². The Balaban J connectivity index is 0.00000256. The van der Waals surface area contributed by atoms with Gasteiger partial charge in [-0.2, -0.15) is 0 Å². The molecule has 0 spiro atoms. The molecule has 0 saturated carbocycles. The molecule has 3 N–H and O–H groups in total. The first-order valence-electron chi connectivity index (χ1n) is 5.05. The Morgan fingerprint density at radius 2 is 2.12 bits per heavy atom. The lowest BCUT2D eigenvalue weighted by molar-refractivity contribution is 0.0636. The minimum atomic E-state index is -0.511. The van der Waals surface area contributed by atoms with Crippen molar-refractivity contribution in [2.75, 3.05) is 5.32 Å². The maximum absolute atomic E-state index is 11.4. The van der Waals surface area contributed by atoms with Crippen molar-refractivity contribution >= 4 is 24.2 Å². The molecule has 0 unspecified atom stereocenters. The molecule has 0 atom stereocenters. The van der Waals surface area contributed by atoms with Crippen LogP contribution in [0.25, 0.3) is 0 Å². The third kappa shape index (κ3) is 6.09. The fraction of sp³-hybridized carbons (Fsp3) is 0.455. The van der Waals surface area contributed by atoms with Gasteiger partial charge in [0.15, 0.2) is 0 Å². The fourth-order valence-electron chi connectivity index (χ4n) is 1.09. The van der Waals surface area contributed by atoms with E-state index in [9.17, 15) is 4.79 Å². The number of carbonyl (C=O) groups excluding carboxylic acids is 1. The Morgan fingerprint density at radius 3 is 2.65 bits per heavy atom. The molecule has 6 heteroatoms. The summed E-state index contributed by atoms with van der Waals surface area (Å²) in [6.45, 7) is 5.81. The number of halogens is 1. The lowest BCUT2D eigenvalue weighted by Crippen LogP contribution is -2.27. The largest absolute Gasteiger partial charge is 0.444 e. The van der Waals surface area contributed by atoms with E-state index in [-0.39, 0.29) is 12.4 Å². The normalized spacial score (nSPS) is 10.4. The maximum atomic E-state index is 11.4. The number of amides is 1. The first kappa shape index (κ1) is 15.7. The second-order valence-corrected chi connectivity index (χ2v) is 4.41. The minimum Gasteiger partial charge on any atom is -0.444 e. The van der Waals surface area contributed by atoms with Crippen molar-refractivity contribution in [2.45, 2.75) is 32.9 Å². The molecule has 0 bridgehead atoms. The van der Waals surface area contributed by atoms with Crippen LogP contribution in [0, 0.1) is 0 Å². The molecule has 0 saturated heterocycles. The smallest absolute Gasteiger partial charge is 0.412 e. The lowest BCUT2D eigenvalue weighted by Gasteiger charge is -2.19. The van der Waals surface area contributed by atoms with Crippen LogP contribution in [-0.2, 0) is 11.3 Å². The van der Waals surface area contributed by atoms with Gasteiger partial charge >= 0.3 is 6.09 Å². The molecule has 1 rings (SSSR count). The van der Waals surface area contributed by atoms with E-state index in [0.29, 0.717) is 12.2 Å². The van der Waals surface area contributed by atoms with Crippen LogP contribution < -0.4 is 11.1 Å². The zero-order valence-electron chi connectivity index (χ0n) is 10.2. The molecule has 0 radical (unpaired) electrons. The van der Waals surface area contributed by atoms with Crippen LogP contribution in [0.1, 0.15) is 26.3 Å². The quantitative estimate of drug-likeness (QED) is 0.854. The summed E-state index contributed by atoms with van der Waals surface area (Å²) in [6.07, 6.45) is 2.70. The third-order valence-electron chi connectivity index (χ3n) is 1.68. The molecule has 0 aliphatic rings. The molecular weight excluding hydrogens is 242 g/mol. The highest BCUT2D eigenvalue weighted by molar-refractivity contribution is 5.85. The Hall–Kier alpha value is -1.33. The van der Waals surface area contributed by atoms with Gasteiger partial charge in [-0.15, -0.1) is 12.4 Å². The van der Waals surface area contributed by atoms with E-state index >= 15 is 0 Å². The van der Waals surface area contributed by atoms with Gasteiger partial charge in [0.25, 0.3) is 0 Å². The SMILES string of the molecule is CC(C)(C)OC(=O)Nc1cncc(CN)c1.Cl. The zero-order valence-corrected chi connectivity index (χ0v) is 11.0. The summed E-state index contributed by atoms with van der Waals surface area (Å²) in [5.41, 5.74) is 6.39. The molecule has 0 aromatic carbocycles. The summed E-state index contributed by atoms with van der Waals surface area (Å²) in [7, 11) is 0. The zero-order chi connectivity index (χ0) is 12.2. The summed E-state index contributed by atoms with van der Waals surface area (Å²) >= 11 is 0. The predicted molar refractivity (Wildman–Crippen MR) is 69.2 cm³/mol. The summed E-state index contributed by atoms with van der Waals surface area (Å²) < 4.78 is 5.11. The number of nitrogens with zero attached hydrogens (tertiary/aromatic N) is 1. The predicted octanol–water partition coefficient (Wildman–Crippen LogP) is 2.31. The Kier molecular flexibility index (Phi) is 5.91. The highest BCUT2D eigenvalue weighted by atomic mass is 35.5. The summed E-state index contributed by atoms with van der Waals surface area (Å²) in [4.78, 5) is 15.4. The molecule has 1 aromatic heterocycles. The van der Waals surface area contributed by atoms with Crippen molar-refractivity contribution in [2.24, 2.45) is 5.73 Å². The van der Waals surface area contributed by atoms with Crippen molar-refractivity contribution in [3.8, 4) is 0 Å². The van der Waals surface area contributed by atoms with Gasteiger partial charge < -0.3 is 10.5 Å². The van der Waals surface area contributed by atoms with E-state index in [0.717, 1.165) is 5.56 Å². The van der Waals surface area contributed by atoms with Gasteiger partial charge in [0.05, 0.1) is 11.9 Å². The number of rotatable bonds is 2. The van der Waals surface area contributed by atoms with Crippen molar-refractivity contribution in [3.05, 3.63) is 24.0 Å². The van der Waals surface area contributed by atoms with E-state index in [1.165, 1.54) is 0 Å². The highest BCUT2D eigenvalue weighted by Gasteiger charge is 2.16. The number of hydrogen-bond acceptors (Lipinski definition) is 4. The average Bonchev–Trinajstić information content (AvgIpc) is 2.15. The second-order valence-electron chi connectivity index (χ2n) is 4.41. The molecule has 5 nitrogen and oxygen atoms in total. The first-order chi connectivity index (χ1) is 7.40. The number of aromatic nitrogens is 1. The van der Waals surface area contributed by atoms with Crippen molar-refractivity contribution < 1.29 is 9.53 Å². The average molecular weight is 260 g/mol. The van der Waals surface area contributed by atoms with Crippen molar-refractivity contribution in [1.29, 1.82) is 0 Å². The number of anilines is 1. The highest BCUT2D eigenvalue weighted by Crippen LogP contribution is 2.11. The van der Waals surface area contributed by atoms with Gasteiger partial charge in [-0.1, -0.05) is 0 Å². The maximum Gasteiger partial charge on any atom is 0.412 e. The second kappa shape index (κ2) is 6.42. The van der Waals surface area contributed by atoms with Gasteiger partial charge in [0.1, 0.15) is 5.60 Å². The molecular formula is C11H18ClN3O2. The number of hydrogen-bond donors (Lipinski definition) is 2. The van der Waals surface area contributed by atoms with E-state index in [4.69, 9.17) is 10.5 Å². The number of nitrogens with one attached hydrogen (secondary N) is 1. The molecule has 1 amide bonds. The Morgan fingerprint density at radius 1 is 1.47 bits per heavy atom. The van der Waals surface area contributed by atoms with Crippen molar-refractivity contribution in [1.82, 2.24) is 4.98 Å². The van der Waals surface area contributed by atoms with Crippen LogP contribution in [-0.4, -0.2) is 16.7 Å². The van der Waals surface area contributed by atoms with Gasteiger partial charge in [-0.05, 0) is 32.4 Å². The number of ether oxygens (including phenoxy) is 1. The standard InChI is InChI=1S/C11H17N3O2.ClH/c1-11(2,3)16-10(15)14-9-4-8(5-12)6-13-7-9;/h4,6-7H,5,12H2,1-3H3,(H,14,15);1H. The molecule has 17 heavy (non-hydrogen) atoms. The first-order valence-corrected chi connectivity index (χ1v) is 5.05. The van der Waals surface area contributed by atoms with Gasteiger partial charge in [-0.25, -0.2) is 4.79 Å². The van der Waals surface area contributed by atoms with Crippen LogP contribution in [0.4, 0.5) is 10.5 Å². The van der Waals surface area contributed by atoms with Crippen LogP contribution >= 0.6 is 12.4 Å². The summed E-state index contributed by atoms with van der Waals surface area (Å²) in [5, 5.41) is 2.59. The van der Waals surface area contributed by atoms with Gasteiger partial charge in [0, 0.05) is 12.7 Å². The molecule has 0 aliphatic heterocycles. The summed E-state index contributed by atoms with van der Waals surface area (Å²) in [5.74, 6) is 0. The van der Waals surface area contributed by atoms with Crippen molar-refractivity contribution in [3.63, 3.8) is 0 Å². The van der Waals surface area contributed by atoms with Gasteiger partial charge in [-0.3, -0.25) is 10.3 Å². The van der Waals surface area contributed by atoms with Crippen LogP contribution in [0.15, 0.2) is 18.5 Å². The van der Waals surface area contributed by atoms with E-state index < -0.39 is 11.7 Å². The minimum absolute atomic E-state index is 0.